The first-order chi connectivity index (χ1) is 15.5. The molecule has 2 heteroatoms. The zero-order valence-electron chi connectivity index (χ0n) is 19.7. The number of benzene rings is 2. The molecule has 2 nitrogen and oxygen atoms in total. The second kappa shape index (κ2) is 7.82. The predicted molar refractivity (Wildman–Crippen MR) is 130 cm³/mol. The van der Waals surface area contributed by atoms with E-state index in [1.165, 1.54) is 79.2 Å². The topological polar surface area (TPSA) is 40.5 Å². The summed E-state index contributed by atoms with van der Waals surface area (Å²) in [6.45, 7) is 4.62. The molecule has 4 aliphatic rings. The molecular weight excluding hydrogens is 392 g/mol. The van der Waals surface area contributed by atoms with Crippen molar-refractivity contribution in [2.45, 2.75) is 95.3 Å². The Bertz CT molecular complexity index is 968. The Hall–Kier alpha value is -1.96. The molecule has 0 radical (unpaired) electrons. The summed E-state index contributed by atoms with van der Waals surface area (Å²) in [7, 11) is 0. The van der Waals surface area contributed by atoms with Gasteiger partial charge in [-0.2, -0.15) is 0 Å². The van der Waals surface area contributed by atoms with Crippen LogP contribution in [0, 0.1) is 17.8 Å². The lowest BCUT2D eigenvalue weighted by molar-refractivity contribution is 0.440. The van der Waals surface area contributed by atoms with Crippen LogP contribution in [0.3, 0.4) is 0 Å². The molecule has 0 amide bonds. The Balaban J connectivity index is 1.37. The standard InChI is InChI=1S/C30H38O2/c1-17(20-6-7-20)26-14-19(15-27(30(26)32)18(2)21-8-9-21)16-28(23-12-13-23)25-5-3-4-24(29(25)31)22-10-11-22/h3-5,14-15,17-18,20-23,28,31-32H,6-13,16H2,1-2H3. The van der Waals surface area contributed by atoms with Gasteiger partial charge in [0.2, 0.25) is 0 Å². The summed E-state index contributed by atoms with van der Waals surface area (Å²) in [5.74, 6) is 5.12. The van der Waals surface area contributed by atoms with Crippen LogP contribution in [-0.4, -0.2) is 10.2 Å². The van der Waals surface area contributed by atoms with E-state index in [1.54, 1.807) is 0 Å². The first kappa shape index (κ1) is 20.6. The zero-order chi connectivity index (χ0) is 22.0. The van der Waals surface area contributed by atoms with Crippen LogP contribution in [0.5, 0.6) is 11.5 Å². The monoisotopic (exact) mass is 430 g/mol. The van der Waals surface area contributed by atoms with E-state index in [0.717, 1.165) is 18.3 Å². The molecule has 2 N–H and O–H groups in total. The molecule has 0 aromatic heterocycles. The summed E-state index contributed by atoms with van der Waals surface area (Å²) in [4.78, 5) is 0. The van der Waals surface area contributed by atoms with Gasteiger partial charge < -0.3 is 10.2 Å². The Morgan fingerprint density at radius 1 is 0.719 bits per heavy atom. The lowest BCUT2D eigenvalue weighted by Crippen LogP contribution is -2.09. The first-order valence-corrected chi connectivity index (χ1v) is 13.2. The molecule has 0 saturated heterocycles. The molecule has 4 saturated carbocycles. The average molecular weight is 431 g/mol. The second-order valence-corrected chi connectivity index (χ2v) is 11.6. The molecule has 2 aromatic rings. The van der Waals surface area contributed by atoms with Crippen LogP contribution in [0.15, 0.2) is 30.3 Å². The smallest absolute Gasteiger partial charge is 0.122 e. The Morgan fingerprint density at radius 2 is 1.28 bits per heavy atom. The molecule has 170 valence electrons. The fourth-order valence-electron chi connectivity index (χ4n) is 6.14. The number of rotatable bonds is 9. The van der Waals surface area contributed by atoms with Crippen molar-refractivity contribution in [2.75, 3.05) is 0 Å². The third kappa shape index (κ3) is 3.95. The van der Waals surface area contributed by atoms with Crippen molar-refractivity contribution in [1.82, 2.24) is 0 Å². The number of para-hydroxylation sites is 1. The van der Waals surface area contributed by atoms with Gasteiger partial charge in [0, 0.05) is 0 Å². The van der Waals surface area contributed by atoms with Gasteiger partial charge in [-0.05, 0) is 127 Å². The van der Waals surface area contributed by atoms with Gasteiger partial charge in [0.1, 0.15) is 11.5 Å². The maximum atomic E-state index is 11.3. The maximum absolute atomic E-state index is 11.3. The molecule has 32 heavy (non-hydrogen) atoms. The molecule has 3 unspecified atom stereocenters. The Kier molecular flexibility index (Phi) is 5.04. The van der Waals surface area contributed by atoms with Gasteiger partial charge >= 0.3 is 0 Å². The number of phenolic OH excluding ortho intramolecular Hbond substituents is 2. The maximum Gasteiger partial charge on any atom is 0.122 e. The largest absolute Gasteiger partial charge is 0.507 e. The van der Waals surface area contributed by atoms with Crippen LogP contribution < -0.4 is 0 Å². The molecule has 0 spiro atoms. The van der Waals surface area contributed by atoms with Gasteiger partial charge in [-0.1, -0.05) is 44.2 Å². The van der Waals surface area contributed by atoms with E-state index in [9.17, 15) is 10.2 Å². The summed E-state index contributed by atoms with van der Waals surface area (Å²) in [6.07, 6.45) is 11.1. The summed E-state index contributed by atoms with van der Waals surface area (Å²) in [5, 5.41) is 22.5. The van der Waals surface area contributed by atoms with Crippen LogP contribution in [0.4, 0.5) is 0 Å². The van der Waals surface area contributed by atoms with Crippen molar-refractivity contribution in [1.29, 1.82) is 0 Å². The number of hydrogen-bond acceptors (Lipinski definition) is 2. The van der Waals surface area contributed by atoms with Gasteiger partial charge in [0.05, 0.1) is 0 Å². The SMILES string of the molecule is CC(c1cc(CC(c2cccc(C3CC3)c2O)C2CC2)cc(C(C)C2CC2)c1O)C1CC1. The van der Waals surface area contributed by atoms with Crippen molar-refractivity contribution in [3.63, 3.8) is 0 Å². The lowest BCUT2D eigenvalue weighted by atomic mass is 9.82. The predicted octanol–water partition coefficient (Wildman–Crippen LogP) is 7.74. The van der Waals surface area contributed by atoms with Crippen LogP contribution in [0.25, 0.3) is 0 Å². The van der Waals surface area contributed by atoms with E-state index < -0.39 is 0 Å². The van der Waals surface area contributed by atoms with E-state index >= 15 is 0 Å². The van der Waals surface area contributed by atoms with Gasteiger partial charge in [-0.3, -0.25) is 0 Å². The molecular formula is C30H38O2. The highest BCUT2D eigenvalue weighted by Crippen LogP contribution is 2.53. The van der Waals surface area contributed by atoms with Crippen LogP contribution in [0.1, 0.15) is 117 Å². The summed E-state index contributed by atoms with van der Waals surface area (Å²) in [6, 6.07) is 11.1. The van der Waals surface area contributed by atoms with E-state index in [4.69, 9.17) is 0 Å². The lowest BCUT2D eigenvalue weighted by Gasteiger charge is -2.24. The molecule has 0 bridgehead atoms. The summed E-state index contributed by atoms with van der Waals surface area (Å²) in [5.41, 5.74) is 6.06. The first-order valence-electron chi connectivity index (χ1n) is 13.2. The molecule has 0 heterocycles. The van der Waals surface area contributed by atoms with Crippen molar-refractivity contribution in [3.05, 3.63) is 58.1 Å². The van der Waals surface area contributed by atoms with E-state index in [2.05, 4.69) is 44.2 Å². The quantitative estimate of drug-likeness (QED) is 0.427. The van der Waals surface area contributed by atoms with E-state index in [-0.39, 0.29) is 0 Å². The minimum Gasteiger partial charge on any atom is -0.507 e. The second-order valence-electron chi connectivity index (χ2n) is 11.6. The molecule has 2 aromatic carbocycles. The number of phenols is 2. The van der Waals surface area contributed by atoms with Crippen molar-refractivity contribution in [3.8, 4) is 11.5 Å². The van der Waals surface area contributed by atoms with Crippen molar-refractivity contribution < 1.29 is 10.2 Å². The summed E-state index contributed by atoms with van der Waals surface area (Å²) < 4.78 is 0. The van der Waals surface area contributed by atoms with E-state index in [1.807, 2.05) is 0 Å². The molecule has 6 rings (SSSR count). The van der Waals surface area contributed by atoms with Crippen molar-refractivity contribution >= 4 is 0 Å². The highest BCUT2D eigenvalue weighted by Gasteiger charge is 2.38. The third-order valence-electron chi connectivity index (χ3n) is 9.03. The van der Waals surface area contributed by atoms with Crippen LogP contribution in [0.2, 0.25) is 0 Å². The number of aromatic hydroxyl groups is 2. The Labute approximate surface area is 193 Å². The zero-order valence-corrected chi connectivity index (χ0v) is 19.7. The fourth-order valence-corrected chi connectivity index (χ4v) is 6.14. The Morgan fingerprint density at radius 3 is 1.78 bits per heavy atom. The normalized spacial score (nSPS) is 23.7. The van der Waals surface area contributed by atoms with Gasteiger partial charge in [0.25, 0.3) is 0 Å². The van der Waals surface area contributed by atoms with Gasteiger partial charge in [-0.25, -0.2) is 0 Å². The average Bonchev–Trinajstić information content (AvgIpc) is 3.65. The van der Waals surface area contributed by atoms with Crippen LogP contribution >= 0.6 is 0 Å². The molecule has 4 aliphatic carbocycles. The fraction of sp³-hybridized carbons (Fsp3) is 0.600. The van der Waals surface area contributed by atoms with Crippen molar-refractivity contribution in [2.24, 2.45) is 17.8 Å². The van der Waals surface area contributed by atoms with E-state index in [0.29, 0.717) is 41.1 Å². The van der Waals surface area contributed by atoms with Gasteiger partial charge in [-0.15, -0.1) is 0 Å². The highest BCUT2D eigenvalue weighted by molar-refractivity contribution is 5.50. The number of hydrogen-bond donors (Lipinski definition) is 2. The minimum absolute atomic E-state index is 0.381. The minimum atomic E-state index is 0.381. The highest BCUT2D eigenvalue weighted by atomic mass is 16.3. The molecule has 4 fully saturated rings. The molecule has 0 aliphatic heterocycles. The van der Waals surface area contributed by atoms with Gasteiger partial charge in [0.15, 0.2) is 0 Å². The third-order valence-corrected chi connectivity index (χ3v) is 9.03. The molecule has 3 atom stereocenters. The van der Waals surface area contributed by atoms with Crippen LogP contribution in [-0.2, 0) is 6.42 Å². The summed E-state index contributed by atoms with van der Waals surface area (Å²) >= 11 is 0.